The van der Waals surface area contributed by atoms with E-state index in [1.807, 2.05) is 13.0 Å². The van der Waals surface area contributed by atoms with Crippen LogP contribution in [0.2, 0.25) is 0 Å². The minimum Gasteiger partial charge on any atom is -0.248 e. The Balaban J connectivity index is 1.81. The minimum atomic E-state index is -0.171. The van der Waals surface area contributed by atoms with Crippen LogP contribution in [0.1, 0.15) is 42.1 Å². The molecule has 0 unspecified atom stereocenters. The molecule has 1 aromatic heterocycles. The van der Waals surface area contributed by atoms with Crippen molar-refractivity contribution in [3.63, 3.8) is 0 Å². The van der Waals surface area contributed by atoms with E-state index < -0.39 is 0 Å². The fourth-order valence-corrected chi connectivity index (χ4v) is 2.27. The number of aromatic nitrogens is 3. The Morgan fingerprint density at radius 3 is 2.89 bits per heavy atom. The van der Waals surface area contributed by atoms with Crippen molar-refractivity contribution in [2.75, 3.05) is 0 Å². The molecule has 0 amide bonds. The zero-order chi connectivity index (χ0) is 12.5. The van der Waals surface area contributed by atoms with E-state index in [9.17, 15) is 4.39 Å². The molecule has 3 nitrogen and oxygen atoms in total. The maximum Gasteiger partial charge on any atom is 0.153 e. The molecule has 0 spiro atoms. The van der Waals surface area contributed by atoms with Gasteiger partial charge in [0.2, 0.25) is 0 Å². The molecule has 1 saturated carbocycles. The van der Waals surface area contributed by atoms with Gasteiger partial charge in [0.05, 0.1) is 6.54 Å². The molecule has 94 valence electrons. The number of halogens is 1. The summed E-state index contributed by atoms with van der Waals surface area (Å²) < 4.78 is 15.5. The molecule has 1 aromatic carbocycles. The fraction of sp³-hybridized carbons (Fsp3) is 0.429. The highest BCUT2D eigenvalue weighted by atomic mass is 19.1. The third-order valence-corrected chi connectivity index (χ3v) is 3.70. The Morgan fingerprint density at radius 1 is 1.39 bits per heavy atom. The molecule has 0 atom stereocenters. The van der Waals surface area contributed by atoms with E-state index in [1.54, 1.807) is 17.1 Å². The summed E-state index contributed by atoms with van der Waals surface area (Å²) in [5, 5.41) is 4.45. The molecule has 4 heteroatoms. The SMILES string of the molecule is Cc1cccc(F)c1Cn1cnc(C2CCC2)n1. The van der Waals surface area contributed by atoms with Gasteiger partial charge in [-0.15, -0.1) is 0 Å². The number of benzene rings is 1. The molecule has 1 heterocycles. The smallest absolute Gasteiger partial charge is 0.153 e. The monoisotopic (exact) mass is 245 g/mol. The lowest BCUT2D eigenvalue weighted by Gasteiger charge is -2.21. The summed E-state index contributed by atoms with van der Waals surface area (Å²) in [5.41, 5.74) is 1.65. The van der Waals surface area contributed by atoms with Crippen molar-refractivity contribution in [1.29, 1.82) is 0 Å². The van der Waals surface area contributed by atoms with Gasteiger partial charge in [0, 0.05) is 11.5 Å². The average Bonchev–Trinajstić information content (AvgIpc) is 2.70. The van der Waals surface area contributed by atoms with Crippen LogP contribution in [-0.2, 0) is 6.54 Å². The van der Waals surface area contributed by atoms with Gasteiger partial charge in [-0.3, -0.25) is 0 Å². The van der Waals surface area contributed by atoms with Crippen molar-refractivity contribution >= 4 is 0 Å². The van der Waals surface area contributed by atoms with Crippen LogP contribution in [0.5, 0.6) is 0 Å². The van der Waals surface area contributed by atoms with Gasteiger partial charge in [0.15, 0.2) is 5.82 Å². The molecular weight excluding hydrogens is 229 g/mol. The van der Waals surface area contributed by atoms with E-state index in [1.165, 1.54) is 25.3 Å². The van der Waals surface area contributed by atoms with Gasteiger partial charge in [0.25, 0.3) is 0 Å². The van der Waals surface area contributed by atoms with Crippen LogP contribution < -0.4 is 0 Å². The van der Waals surface area contributed by atoms with Crippen LogP contribution in [-0.4, -0.2) is 14.8 Å². The lowest BCUT2D eigenvalue weighted by atomic mass is 9.85. The average molecular weight is 245 g/mol. The molecule has 0 aliphatic heterocycles. The normalized spacial score (nSPS) is 15.7. The molecule has 0 saturated heterocycles. The number of aryl methyl sites for hydroxylation is 1. The molecule has 1 aliphatic rings. The lowest BCUT2D eigenvalue weighted by molar-refractivity contribution is 0.399. The van der Waals surface area contributed by atoms with Crippen LogP contribution in [0.4, 0.5) is 4.39 Å². The summed E-state index contributed by atoms with van der Waals surface area (Å²) >= 11 is 0. The minimum absolute atomic E-state index is 0.171. The Labute approximate surface area is 106 Å². The van der Waals surface area contributed by atoms with Crippen molar-refractivity contribution in [2.24, 2.45) is 0 Å². The Hall–Kier alpha value is -1.71. The summed E-state index contributed by atoms with van der Waals surface area (Å²) in [5.74, 6) is 1.26. The topological polar surface area (TPSA) is 30.7 Å². The first-order chi connectivity index (χ1) is 8.74. The first-order valence-electron chi connectivity index (χ1n) is 6.37. The maximum absolute atomic E-state index is 13.7. The third-order valence-electron chi connectivity index (χ3n) is 3.70. The van der Waals surface area contributed by atoms with Crippen molar-refractivity contribution in [3.05, 3.63) is 47.3 Å². The van der Waals surface area contributed by atoms with Crippen LogP contribution in [0.3, 0.4) is 0 Å². The highest BCUT2D eigenvalue weighted by molar-refractivity contribution is 5.27. The van der Waals surface area contributed by atoms with Crippen molar-refractivity contribution in [3.8, 4) is 0 Å². The van der Waals surface area contributed by atoms with Gasteiger partial charge in [-0.1, -0.05) is 18.6 Å². The first-order valence-corrected chi connectivity index (χ1v) is 6.37. The van der Waals surface area contributed by atoms with E-state index >= 15 is 0 Å². The van der Waals surface area contributed by atoms with E-state index in [2.05, 4.69) is 10.1 Å². The van der Waals surface area contributed by atoms with E-state index in [0.29, 0.717) is 18.0 Å². The number of hydrogen-bond donors (Lipinski definition) is 0. The summed E-state index contributed by atoms with van der Waals surface area (Å²) in [7, 11) is 0. The van der Waals surface area contributed by atoms with Gasteiger partial charge >= 0.3 is 0 Å². The largest absolute Gasteiger partial charge is 0.248 e. The summed E-state index contributed by atoms with van der Waals surface area (Å²) in [6, 6.07) is 5.14. The van der Waals surface area contributed by atoms with Gasteiger partial charge < -0.3 is 0 Å². The highest BCUT2D eigenvalue weighted by Gasteiger charge is 2.23. The van der Waals surface area contributed by atoms with Crippen molar-refractivity contribution in [1.82, 2.24) is 14.8 Å². The predicted molar refractivity (Wildman–Crippen MR) is 66.9 cm³/mol. The van der Waals surface area contributed by atoms with E-state index in [-0.39, 0.29) is 5.82 Å². The third kappa shape index (κ3) is 2.03. The molecule has 3 rings (SSSR count). The maximum atomic E-state index is 13.7. The Morgan fingerprint density at radius 2 is 2.22 bits per heavy atom. The summed E-state index contributed by atoms with van der Waals surface area (Å²) in [4.78, 5) is 4.32. The second kappa shape index (κ2) is 4.52. The number of rotatable bonds is 3. The standard InChI is InChI=1S/C14H16FN3/c1-10-4-2-7-13(15)12(10)8-18-9-16-14(17-18)11-5-3-6-11/h2,4,7,9,11H,3,5-6,8H2,1H3. The molecule has 1 fully saturated rings. The van der Waals surface area contributed by atoms with Crippen LogP contribution in [0, 0.1) is 12.7 Å². The quantitative estimate of drug-likeness (QED) is 0.832. The van der Waals surface area contributed by atoms with Crippen molar-refractivity contribution in [2.45, 2.75) is 38.6 Å². The van der Waals surface area contributed by atoms with Crippen molar-refractivity contribution < 1.29 is 4.39 Å². The molecule has 0 N–H and O–H groups in total. The Bertz CT molecular complexity index is 538. The number of hydrogen-bond acceptors (Lipinski definition) is 2. The summed E-state index contributed by atoms with van der Waals surface area (Å²) in [6.45, 7) is 2.38. The zero-order valence-electron chi connectivity index (χ0n) is 10.4. The van der Waals surface area contributed by atoms with Crippen LogP contribution in [0.15, 0.2) is 24.5 Å². The van der Waals surface area contributed by atoms with Crippen LogP contribution >= 0.6 is 0 Å². The molecule has 0 radical (unpaired) electrons. The Kier molecular flexibility index (Phi) is 2.86. The van der Waals surface area contributed by atoms with Gasteiger partial charge in [-0.2, -0.15) is 5.10 Å². The highest BCUT2D eigenvalue weighted by Crippen LogP contribution is 2.34. The van der Waals surface area contributed by atoms with Crippen LogP contribution in [0.25, 0.3) is 0 Å². The lowest BCUT2D eigenvalue weighted by Crippen LogP contribution is -2.11. The molecule has 0 bridgehead atoms. The first kappa shape index (κ1) is 11.4. The fourth-order valence-electron chi connectivity index (χ4n) is 2.27. The molecular formula is C14H16FN3. The zero-order valence-corrected chi connectivity index (χ0v) is 10.4. The second-order valence-corrected chi connectivity index (χ2v) is 4.96. The number of nitrogens with zero attached hydrogens (tertiary/aromatic N) is 3. The van der Waals surface area contributed by atoms with Gasteiger partial charge in [0.1, 0.15) is 12.1 Å². The second-order valence-electron chi connectivity index (χ2n) is 4.96. The van der Waals surface area contributed by atoms with Gasteiger partial charge in [-0.05, 0) is 31.4 Å². The molecule has 1 aliphatic carbocycles. The molecule has 18 heavy (non-hydrogen) atoms. The molecule has 2 aromatic rings. The van der Waals surface area contributed by atoms with E-state index in [0.717, 1.165) is 11.4 Å². The van der Waals surface area contributed by atoms with E-state index in [4.69, 9.17) is 0 Å². The van der Waals surface area contributed by atoms with Gasteiger partial charge in [-0.25, -0.2) is 14.1 Å². The predicted octanol–water partition coefficient (Wildman–Crippen LogP) is 3.04. The summed E-state index contributed by atoms with van der Waals surface area (Å²) in [6.07, 6.45) is 5.34.